The van der Waals surface area contributed by atoms with Gasteiger partial charge in [0.25, 0.3) is 0 Å². The SMILES string of the molecule is CCC/C=C/CCCOC(=O)c1ccc(O)cc1. The minimum Gasteiger partial charge on any atom is -0.508 e. The Bertz CT molecular complexity index is 379. The normalized spacial score (nSPS) is 10.7. The van der Waals surface area contributed by atoms with Crippen LogP contribution in [0, 0.1) is 0 Å². The lowest BCUT2D eigenvalue weighted by Crippen LogP contribution is -2.05. The molecule has 98 valence electrons. The summed E-state index contributed by atoms with van der Waals surface area (Å²) in [5, 5.41) is 9.10. The number of ether oxygens (including phenoxy) is 1. The summed E-state index contributed by atoms with van der Waals surface area (Å²) in [5.41, 5.74) is 0.467. The van der Waals surface area contributed by atoms with E-state index >= 15 is 0 Å². The predicted octanol–water partition coefficient (Wildman–Crippen LogP) is 3.69. The highest BCUT2D eigenvalue weighted by Crippen LogP contribution is 2.10. The first kappa shape index (κ1) is 14.3. The molecule has 0 aliphatic carbocycles. The standard InChI is InChI=1S/C15H20O3/c1-2-3-4-5-6-7-12-18-15(17)13-8-10-14(16)11-9-13/h4-5,8-11,16H,2-3,6-7,12H2,1H3/b5-4+. The highest BCUT2D eigenvalue weighted by Gasteiger charge is 2.05. The van der Waals surface area contributed by atoms with Gasteiger partial charge in [-0.05, 0) is 43.5 Å². The van der Waals surface area contributed by atoms with E-state index in [-0.39, 0.29) is 11.7 Å². The van der Waals surface area contributed by atoms with Crippen molar-refractivity contribution in [3.05, 3.63) is 42.0 Å². The van der Waals surface area contributed by atoms with Crippen LogP contribution in [0.2, 0.25) is 0 Å². The van der Waals surface area contributed by atoms with Crippen molar-refractivity contribution in [2.75, 3.05) is 6.61 Å². The van der Waals surface area contributed by atoms with Gasteiger partial charge in [-0.15, -0.1) is 0 Å². The maximum Gasteiger partial charge on any atom is 0.338 e. The molecule has 1 aromatic carbocycles. The van der Waals surface area contributed by atoms with E-state index in [1.165, 1.54) is 12.1 Å². The van der Waals surface area contributed by atoms with Crippen molar-refractivity contribution in [2.45, 2.75) is 32.6 Å². The summed E-state index contributed by atoms with van der Waals surface area (Å²) < 4.78 is 5.12. The van der Waals surface area contributed by atoms with Crippen LogP contribution < -0.4 is 0 Å². The van der Waals surface area contributed by atoms with Gasteiger partial charge >= 0.3 is 5.97 Å². The predicted molar refractivity (Wildman–Crippen MR) is 71.7 cm³/mol. The number of aromatic hydroxyl groups is 1. The van der Waals surface area contributed by atoms with E-state index in [2.05, 4.69) is 19.1 Å². The molecule has 0 amide bonds. The number of unbranched alkanes of at least 4 members (excludes halogenated alkanes) is 2. The van der Waals surface area contributed by atoms with E-state index in [0.29, 0.717) is 12.2 Å². The molecule has 3 heteroatoms. The van der Waals surface area contributed by atoms with E-state index in [4.69, 9.17) is 9.84 Å². The Hall–Kier alpha value is -1.77. The molecule has 0 unspecified atom stereocenters. The van der Waals surface area contributed by atoms with E-state index in [0.717, 1.165) is 25.7 Å². The quantitative estimate of drug-likeness (QED) is 0.455. The zero-order valence-electron chi connectivity index (χ0n) is 10.8. The molecule has 1 N–H and O–H groups in total. The molecular formula is C15H20O3. The van der Waals surface area contributed by atoms with Crippen LogP contribution in [-0.2, 0) is 4.74 Å². The van der Waals surface area contributed by atoms with Crippen molar-refractivity contribution in [3.8, 4) is 5.75 Å². The van der Waals surface area contributed by atoms with Gasteiger partial charge < -0.3 is 9.84 Å². The van der Waals surface area contributed by atoms with Gasteiger partial charge in [0.2, 0.25) is 0 Å². The zero-order valence-corrected chi connectivity index (χ0v) is 10.8. The molecule has 0 fully saturated rings. The van der Waals surface area contributed by atoms with Crippen molar-refractivity contribution in [3.63, 3.8) is 0 Å². The number of allylic oxidation sites excluding steroid dienone is 2. The molecule has 0 saturated carbocycles. The van der Waals surface area contributed by atoms with Crippen LogP contribution in [0.25, 0.3) is 0 Å². The smallest absolute Gasteiger partial charge is 0.338 e. The molecule has 0 aliphatic heterocycles. The molecule has 0 atom stereocenters. The summed E-state index contributed by atoms with van der Waals surface area (Å²) in [6.07, 6.45) is 8.31. The maximum absolute atomic E-state index is 11.6. The Morgan fingerprint density at radius 3 is 2.56 bits per heavy atom. The van der Waals surface area contributed by atoms with E-state index in [1.54, 1.807) is 12.1 Å². The molecule has 0 heterocycles. The Morgan fingerprint density at radius 1 is 1.22 bits per heavy atom. The van der Waals surface area contributed by atoms with Gasteiger partial charge in [0, 0.05) is 0 Å². The third-order valence-corrected chi connectivity index (χ3v) is 2.47. The van der Waals surface area contributed by atoms with Crippen LogP contribution in [0.1, 0.15) is 43.0 Å². The lowest BCUT2D eigenvalue weighted by atomic mass is 10.2. The molecule has 18 heavy (non-hydrogen) atoms. The number of hydrogen-bond acceptors (Lipinski definition) is 3. The highest BCUT2D eigenvalue weighted by molar-refractivity contribution is 5.89. The van der Waals surface area contributed by atoms with Gasteiger partial charge in [-0.2, -0.15) is 0 Å². The van der Waals surface area contributed by atoms with Crippen LogP contribution >= 0.6 is 0 Å². The topological polar surface area (TPSA) is 46.5 Å². The molecule has 0 aromatic heterocycles. The first-order chi connectivity index (χ1) is 8.74. The lowest BCUT2D eigenvalue weighted by Gasteiger charge is -2.03. The van der Waals surface area contributed by atoms with Crippen LogP contribution in [-0.4, -0.2) is 17.7 Å². The first-order valence-corrected chi connectivity index (χ1v) is 6.35. The Labute approximate surface area is 108 Å². The second kappa shape index (κ2) is 8.34. The van der Waals surface area contributed by atoms with Crippen molar-refractivity contribution >= 4 is 5.97 Å². The summed E-state index contributed by atoms with van der Waals surface area (Å²) in [7, 11) is 0. The first-order valence-electron chi connectivity index (χ1n) is 6.35. The number of phenolic OH excluding ortho intramolecular Hbond substituents is 1. The van der Waals surface area contributed by atoms with Gasteiger partial charge in [-0.1, -0.05) is 25.5 Å². The Kier molecular flexibility index (Phi) is 6.62. The number of rotatable bonds is 7. The number of benzene rings is 1. The average molecular weight is 248 g/mol. The van der Waals surface area contributed by atoms with E-state index in [1.807, 2.05) is 0 Å². The molecule has 3 nitrogen and oxygen atoms in total. The fourth-order valence-electron chi connectivity index (χ4n) is 1.45. The monoisotopic (exact) mass is 248 g/mol. The maximum atomic E-state index is 11.6. The second-order valence-corrected chi connectivity index (χ2v) is 4.09. The number of carbonyl (C=O) groups excluding carboxylic acids is 1. The van der Waals surface area contributed by atoms with Crippen LogP contribution in [0.5, 0.6) is 5.75 Å². The van der Waals surface area contributed by atoms with E-state index in [9.17, 15) is 4.79 Å². The third-order valence-electron chi connectivity index (χ3n) is 2.47. The minimum atomic E-state index is -0.340. The molecule has 0 saturated heterocycles. The van der Waals surface area contributed by atoms with Gasteiger partial charge in [0.1, 0.15) is 5.75 Å². The lowest BCUT2D eigenvalue weighted by molar-refractivity contribution is 0.0501. The Balaban J connectivity index is 2.19. The van der Waals surface area contributed by atoms with Crippen molar-refractivity contribution in [1.29, 1.82) is 0 Å². The molecule has 0 bridgehead atoms. The average Bonchev–Trinajstić information content (AvgIpc) is 2.38. The van der Waals surface area contributed by atoms with Crippen LogP contribution in [0.3, 0.4) is 0 Å². The summed E-state index contributed by atoms with van der Waals surface area (Å²) in [6.45, 7) is 2.57. The van der Waals surface area contributed by atoms with Gasteiger partial charge in [-0.3, -0.25) is 0 Å². The number of hydrogen-bond donors (Lipinski definition) is 1. The highest BCUT2D eigenvalue weighted by atomic mass is 16.5. The second-order valence-electron chi connectivity index (χ2n) is 4.09. The summed E-state index contributed by atoms with van der Waals surface area (Å²) in [4.78, 5) is 11.6. The summed E-state index contributed by atoms with van der Waals surface area (Å²) >= 11 is 0. The number of esters is 1. The van der Waals surface area contributed by atoms with Gasteiger partial charge in [0.05, 0.1) is 12.2 Å². The van der Waals surface area contributed by atoms with Gasteiger partial charge in [0.15, 0.2) is 0 Å². The summed E-state index contributed by atoms with van der Waals surface area (Å²) in [5.74, 6) is -0.194. The molecular weight excluding hydrogens is 228 g/mol. The van der Waals surface area contributed by atoms with Crippen LogP contribution in [0.4, 0.5) is 0 Å². The largest absolute Gasteiger partial charge is 0.508 e. The van der Waals surface area contributed by atoms with E-state index < -0.39 is 0 Å². The minimum absolute atomic E-state index is 0.146. The summed E-state index contributed by atoms with van der Waals surface area (Å²) in [6, 6.07) is 6.06. The van der Waals surface area contributed by atoms with Crippen molar-refractivity contribution in [1.82, 2.24) is 0 Å². The molecule has 1 rings (SSSR count). The fourth-order valence-corrected chi connectivity index (χ4v) is 1.45. The Morgan fingerprint density at radius 2 is 1.89 bits per heavy atom. The molecule has 0 aliphatic rings. The number of carbonyl (C=O) groups is 1. The van der Waals surface area contributed by atoms with Gasteiger partial charge in [-0.25, -0.2) is 4.79 Å². The van der Waals surface area contributed by atoms with Crippen molar-refractivity contribution < 1.29 is 14.6 Å². The van der Waals surface area contributed by atoms with Crippen molar-refractivity contribution in [2.24, 2.45) is 0 Å². The number of phenols is 1. The van der Waals surface area contributed by atoms with Crippen LogP contribution in [0.15, 0.2) is 36.4 Å². The third kappa shape index (κ3) is 5.53. The molecule has 1 aromatic rings. The molecule has 0 radical (unpaired) electrons. The fraction of sp³-hybridized carbons (Fsp3) is 0.400. The molecule has 0 spiro atoms. The zero-order chi connectivity index (χ0) is 13.2.